The van der Waals surface area contributed by atoms with Gasteiger partial charge in [-0.15, -0.1) is 6.58 Å². The Hall–Kier alpha value is -3.13. The second-order valence-corrected chi connectivity index (χ2v) is 15.5. The fourth-order valence-corrected chi connectivity index (χ4v) is 11.6. The van der Waals surface area contributed by atoms with Crippen molar-refractivity contribution in [3.05, 3.63) is 54.1 Å². The molecule has 0 radical (unpaired) electrons. The summed E-state index contributed by atoms with van der Waals surface area (Å²) in [4.78, 5) is 35.2. The minimum absolute atomic E-state index is 0.210. The predicted octanol–water partition coefficient (Wildman–Crippen LogP) is 7.78. The van der Waals surface area contributed by atoms with E-state index < -0.39 is 11.9 Å². The second kappa shape index (κ2) is 14.2. The number of rotatable bonds is 5. The number of aliphatic carboxylic acids is 1. The Morgan fingerprint density at radius 3 is 2.17 bits per heavy atom. The van der Waals surface area contributed by atoms with Crippen LogP contribution in [0.3, 0.4) is 0 Å². The molecule has 1 aromatic carbocycles. The highest BCUT2D eigenvalue weighted by atomic mass is 16.4. The van der Waals surface area contributed by atoms with Crippen LogP contribution in [-0.2, 0) is 4.79 Å². The van der Waals surface area contributed by atoms with E-state index in [1.165, 1.54) is 31.3 Å². The number of hydrogen-bond acceptors (Lipinski definition) is 4. The van der Waals surface area contributed by atoms with E-state index in [2.05, 4.69) is 51.0 Å². The number of benzene rings is 1. The zero-order chi connectivity index (χ0) is 34.8. The van der Waals surface area contributed by atoms with Gasteiger partial charge in [-0.25, -0.2) is 9.59 Å². The van der Waals surface area contributed by atoms with Gasteiger partial charge in [0, 0.05) is 12.6 Å². The Labute approximate surface area is 281 Å². The first-order valence-corrected chi connectivity index (χ1v) is 17.6. The van der Waals surface area contributed by atoms with Crippen molar-refractivity contribution < 1.29 is 29.7 Å². The van der Waals surface area contributed by atoms with Crippen LogP contribution < -0.4 is 10.6 Å². The van der Waals surface area contributed by atoms with Gasteiger partial charge in [0.2, 0.25) is 0 Å². The topological polar surface area (TPSA) is 136 Å². The molecule has 47 heavy (non-hydrogen) atoms. The van der Waals surface area contributed by atoms with E-state index in [9.17, 15) is 19.5 Å². The standard InChI is InChI=1S/C35H48N2O5.C3H6.CH4O/c1-21-24(22-7-9-23(10-8-22)30(40)41)13-16-32(2)25(21)14-17-34(4)28(32)12-11-26-27-6-5-15-35(27,19-18-33(26,34)3)37-31(42)36-20-29(38)39;1-3-2;1-2/h7-10,13,21,25-28H,5-6,11-12,14-20H2,1-4H3,(H,38,39)(H,40,41)(H2,36,37,42);3H,1H2,2H3;2H,1H3/t21?,25?,26?,27?,28?,32?,33-,34?,35?;;/m1../s1. The Bertz CT molecular complexity index is 1360. The molecule has 8 heteroatoms. The van der Waals surface area contributed by atoms with Gasteiger partial charge >= 0.3 is 18.0 Å². The van der Waals surface area contributed by atoms with E-state index in [1.54, 1.807) is 18.2 Å². The number of carbonyl (C=O) groups is 3. The lowest BCUT2D eigenvalue weighted by molar-refractivity contribution is -0.210. The predicted molar refractivity (Wildman–Crippen MR) is 186 cm³/mol. The average Bonchev–Trinajstić information content (AvgIpc) is 3.45. The maximum atomic E-state index is 12.8. The van der Waals surface area contributed by atoms with Gasteiger partial charge in [-0.05, 0) is 134 Å². The number of carbonyl (C=O) groups excluding carboxylic acids is 1. The number of fused-ring (bicyclic) bond motifs is 7. The molecule has 4 fully saturated rings. The van der Waals surface area contributed by atoms with Crippen LogP contribution in [0.5, 0.6) is 0 Å². The largest absolute Gasteiger partial charge is 0.480 e. The van der Waals surface area contributed by atoms with Gasteiger partial charge in [0.25, 0.3) is 0 Å². The van der Waals surface area contributed by atoms with E-state index in [1.807, 2.05) is 19.1 Å². The lowest BCUT2D eigenvalue weighted by Crippen LogP contribution is -2.67. The molecule has 8 unspecified atom stereocenters. The highest BCUT2D eigenvalue weighted by Gasteiger charge is 2.68. The second-order valence-electron chi connectivity index (χ2n) is 15.5. The van der Waals surface area contributed by atoms with Crippen LogP contribution in [0.2, 0.25) is 0 Å². The summed E-state index contributed by atoms with van der Waals surface area (Å²) >= 11 is 0. The summed E-state index contributed by atoms with van der Waals surface area (Å²) in [6.45, 7) is 15.0. The van der Waals surface area contributed by atoms with Crippen molar-refractivity contribution in [2.45, 2.75) is 104 Å². The van der Waals surface area contributed by atoms with Crippen LogP contribution in [0.25, 0.3) is 5.57 Å². The monoisotopic (exact) mass is 650 g/mol. The molecule has 4 saturated carbocycles. The Balaban J connectivity index is 0.000000947. The number of carboxylic acid groups (broad SMARTS) is 2. The van der Waals surface area contributed by atoms with Crippen molar-refractivity contribution in [1.82, 2.24) is 10.6 Å². The molecule has 0 heterocycles. The summed E-state index contributed by atoms with van der Waals surface area (Å²) in [5, 5.41) is 31.3. The molecule has 2 amide bonds. The molecule has 1 aromatic rings. The summed E-state index contributed by atoms with van der Waals surface area (Å²) in [7, 11) is 1.00. The first-order valence-electron chi connectivity index (χ1n) is 17.6. The number of allylic oxidation sites excluding steroid dienone is 3. The minimum atomic E-state index is -1.02. The maximum absolute atomic E-state index is 12.8. The first kappa shape index (κ1) is 36.7. The average molecular weight is 651 g/mol. The fraction of sp³-hybridized carbons (Fsp3) is 0.667. The number of nitrogens with one attached hydrogen (secondary N) is 2. The molecule has 0 aliphatic heterocycles. The highest BCUT2D eigenvalue weighted by molar-refractivity contribution is 5.88. The van der Waals surface area contributed by atoms with Crippen molar-refractivity contribution in [1.29, 1.82) is 0 Å². The van der Waals surface area contributed by atoms with Crippen LogP contribution >= 0.6 is 0 Å². The summed E-state index contributed by atoms with van der Waals surface area (Å²) in [5.74, 6) is 0.772. The van der Waals surface area contributed by atoms with Crippen LogP contribution in [0.15, 0.2) is 43.0 Å². The van der Waals surface area contributed by atoms with Crippen molar-refractivity contribution in [2.75, 3.05) is 13.7 Å². The van der Waals surface area contributed by atoms with Gasteiger partial charge in [0.15, 0.2) is 0 Å². The molecule has 0 bridgehead atoms. The third-order valence-electron chi connectivity index (χ3n) is 13.8. The molecular formula is C39H58N2O6. The minimum Gasteiger partial charge on any atom is -0.480 e. The van der Waals surface area contributed by atoms with Gasteiger partial charge < -0.3 is 26.0 Å². The maximum Gasteiger partial charge on any atom is 0.335 e. The number of amides is 2. The summed E-state index contributed by atoms with van der Waals surface area (Å²) in [6.07, 6.45) is 15.5. The normalized spacial score (nSPS) is 38.1. The van der Waals surface area contributed by atoms with Crippen molar-refractivity contribution in [3.63, 3.8) is 0 Å². The van der Waals surface area contributed by atoms with E-state index >= 15 is 0 Å². The molecule has 0 spiro atoms. The molecule has 9 atom stereocenters. The van der Waals surface area contributed by atoms with Crippen LogP contribution in [-0.4, -0.2) is 52.5 Å². The number of hydrogen-bond donors (Lipinski definition) is 5. The molecule has 8 nitrogen and oxygen atoms in total. The number of urea groups is 1. The lowest BCUT2D eigenvalue weighted by atomic mass is 9.34. The highest BCUT2D eigenvalue weighted by Crippen LogP contribution is 2.75. The Kier molecular flexibility index (Phi) is 11.1. The Morgan fingerprint density at radius 2 is 1.55 bits per heavy atom. The van der Waals surface area contributed by atoms with Crippen molar-refractivity contribution in [2.24, 2.45) is 45.8 Å². The van der Waals surface area contributed by atoms with Crippen molar-refractivity contribution >= 4 is 23.5 Å². The molecule has 5 aliphatic carbocycles. The molecule has 0 aromatic heterocycles. The Morgan fingerprint density at radius 1 is 0.894 bits per heavy atom. The van der Waals surface area contributed by atoms with Crippen molar-refractivity contribution in [3.8, 4) is 0 Å². The third-order valence-corrected chi connectivity index (χ3v) is 13.8. The molecular weight excluding hydrogens is 592 g/mol. The SMILES string of the molecule is C=CC.CC1C(c2ccc(C(=O)O)cc2)=CCC2(C)C1CCC1(C)C2CCC2C3CCCC3(NC(=O)NCC(=O)O)CC[C@]21C.CO. The quantitative estimate of drug-likeness (QED) is 0.207. The van der Waals surface area contributed by atoms with Crippen LogP contribution in [0.1, 0.15) is 115 Å². The molecule has 0 saturated heterocycles. The third kappa shape index (κ3) is 6.27. The van der Waals surface area contributed by atoms with Gasteiger partial charge in [-0.1, -0.05) is 58.4 Å². The van der Waals surface area contributed by atoms with Crippen LogP contribution in [0.4, 0.5) is 4.79 Å². The molecule has 260 valence electrons. The van der Waals surface area contributed by atoms with Crippen LogP contribution in [0, 0.1) is 45.8 Å². The summed E-state index contributed by atoms with van der Waals surface area (Å²) in [5.41, 5.74) is 3.31. The summed E-state index contributed by atoms with van der Waals surface area (Å²) in [6, 6.07) is 7.10. The number of aliphatic hydroxyl groups excluding tert-OH is 1. The van der Waals surface area contributed by atoms with Gasteiger partial charge in [0.1, 0.15) is 6.54 Å². The molecule has 5 aliphatic rings. The molecule has 6 rings (SSSR count). The number of carboxylic acids is 2. The summed E-state index contributed by atoms with van der Waals surface area (Å²) < 4.78 is 0. The zero-order valence-corrected chi connectivity index (χ0v) is 29.4. The van der Waals surface area contributed by atoms with E-state index in [4.69, 9.17) is 10.2 Å². The smallest absolute Gasteiger partial charge is 0.335 e. The lowest BCUT2D eigenvalue weighted by Gasteiger charge is -2.71. The van der Waals surface area contributed by atoms with E-state index in [0.717, 1.165) is 51.2 Å². The molecule has 5 N–H and O–H groups in total. The number of aromatic carboxylic acids is 1. The number of aliphatic hydroxyl groups is 1. The van der Waals surface area contributed by atoms with E-state index in [-0.39, 0.29) is 34.4 Å². The zero-order valence-electron chi connectivity index (χ0n) is 29.4. The fourth-order valence-electron chi connectivity index (χ4n) is 11.6. The first-order chi connectivity index (χ1) is 22.3. The van der Waals surface area contributed by atoms with Gasteiger partial charge in [0.05, 0.1) is 5.56 Å². The van der Waals surface area contributed by atoms with E-state index in [0.29, 0.717) is 35.2 Å². The van der Waals surface area contributed by atoms with Gasteiger partial charge in [-0.3, -0.25) is 4.79 Å². The van der Waals surface area contributed by atoms with Gasteiger partial charge in [-0.2, -0.15) is 0 Å².